The van der Waals surface area contributed by atoms with Gasteiger partial charge >= 0.3 is 0 Å². The number of methoxy groups -OCH3 is 2. The Bertz CT molecular complexity index is 331. The quantitative estimate of drug-likeness (QED) is 0.594. The normalized spacial score (nSPS) is 9.87. The zero-order valence-corrected chi connectivity index (χ0v) is 9.98. The molecule has 0 aromatic heterocycles. The van der Waals surface area contributed by atoms with Gasteiger partial charge in [0.15, 0.2) is 0 Å². The Hall–Kier alpha value is -1.07. The van der Waals surface area contributed by atoms with E-state index in [1.54, 1.807) is 26.0 Å². The van der Waals surface area contributed by atoms with Gasteiger partial charge in [0, 0.05) is 6.07 Å². The zero-order valence-electron chi connectivity index (χ0n) is 9.16. The molecule has 0 spiro atoms. The molecule has 4 nitrogen and oxygen atoms in total. The van der Waals surface area contributed by atoms with E-state index in [4.69, 9.17) is 15.2 Å². The Morgan fingerprint density at radius 1 is 1.27 bits per heavy atom. The summed E-state index contributed by atoms with van der Waals surface area (Å²) in [6, 6.07) is 3.82. The van der Waals surface area contributed by atoms with Gasteiger partial charge in [0.25, 0.3) is 0 Å². The van der Waals surface area contributed by atoms with Crippen molar-refractivity contribution in [1.82, 2.24) is 0 Å². The van der Waals surface area contributed by atoms with Gasteiger partial charge in [-0.25, -0.2) is 0 Å². The highest BCUT2D eigenvalue weighted by Gasteiger charge is 2.09. The van der Waals surface area contributed by atoms with Crippen molar-refractivity contribution in [2.75, 3.05) is 32.5 Å². The van der Waals surface area contributed by atoms with Gasteiger partial charge in [-0.1, -0.05) is 0 Å². The molecule has 0 bridgehead atoms. The van der Waals surface area contributed by atoms with Gasteiger partial charge in [-0.2, -0.15) is 0 Å². The molecule has 84 valence electrons. The summed E-state index contributed by atoms with van der Waals surface area (Å²) in [4.78, 5) is 1.04. The maximum absolute atomic E-state index is 5.43. The summed E-state index contributed by atoms with van der Waals surface area (Å²) in [5.41, 5.74) is 6.28. The number of hydrogen-bond acceptors (Lipinski definition) is 5. The fourth-order valence-corrected chi connectivity index (χ4v) is 1.85. The van der Waals surface area contributed by atoms with Crippen LogP contribution in [0.3, 0.4) is 0 Å². The number of nitrogens with two attached hydrogens (primary N) is 1. The molecule has 0 amide bonds. The van der Waals surface area contributed by atoms with Crippen LogP contribution in [0.4, 0.5) is 5.69 Å². The minimum Gasteiger partial charge on any atom is -0.496 e. The second kappa shape index (κ2) is 5.72. The molecule has 0 aliphatic rings. The fraction of sp³-hybridized carbons (Fsp3) is 0.400. The average molecular weight is 228 g/mol. The Kier molecular flexibility index (Phi) is 4.58. The summed E-state index contributed by atoms with van der Waals surface area (Å²) < 4.78 is 10.5. The topological polar surface area (TPSA) is 56.5 Å². The fourth-order valence-electron chi connectivity index (χ4n) is 1.28. The number of anilines is 1. The van der Waals surface area contributed by atoms with Gasteiger partial charge in [0.05, 0.1) is 31.5 Å². The standard InChI is InChI=1S/C10H16N2O2S/c1-13-8-5-10(15-3)9(14-2)4-7(8)12-6-11/h4-5,12H,6,11H2,1-3H3. The van der Waals surface area contributed by atoms with Crippen molar-refractivity contribution in [3.05, 3.63) is 12.1 Å². The van der Waals surface area contributed by atoms with Crippen molar-refractivity contribution in [2.24, 2.45) is 5.73 Å². The molecule has 0 unspecified atom stereocenters. The first kappa shape index (κ1) is 12.0. The molecule has 0 saturated carbocycles. The van der Waals surface area contributed by atoms with Crippen LogP contribution in [0.25, 0.3) is 0 Å². The third-order valence-electron chi connectivity index (χ3n) is 2.00. The lowest BCUT2D eigenvalue weighted by molar-refractivity contribution is 0.395. The first-order valence-electron chi connectivity index (χ1n) is 4.50. The summed E-state index contributed by atoms with van der Waals surface area (Å²) in [5.74, 6) is 1.59. The number of thioether (sulfide) groups is 1. The second-order valence-corrected chi connectivity index (χ2v) is 3.64. The molecule has 0 heterocycles. The van der Waals surface area contributed by atoms with Gasteiger partial charge in [-0.15, -0.1) is 11.8 Å². The first-order valence-corrected chi connectivity index (χ1v) is 5.73. The van der Waals surface area contributed by atoms with E-state index in [9.17, 15) is 0 Å². The highest BCUT2D eigenvalue weighted by molar-refractivity contribution is 7.98. The minimum absolute atomic E-state index is 0.359. The van der Waals surface area contributed by atoms with Crippen LogP contribution in [0.2, 0.25) is 0 Å². The Morgan fingerprint density at radius 2 is 1.93 bits per heavy atom. The average Bonchev–Trinajstić information content (AvgIpc) is 2.28. The van der Waals surface area contributed by atoms with Crippen molar-refractivity contribution >= 4 is 17.4 Å². The van der Waals surface area contributed by atoms with Crippen LogP contribution in [-0.2, 0) is 0 Å². The number of nitrogens with one attached hydrogen (secondary N) is 1. The molecular weight excluding hydrogens is 212 g/mol. The van der Waals surface area contributed by atoms with Crippen molar-refractivity contribution in [3.63, 3.8) is 0 Å². The maximum Gasteiger partial charge on any atom is 0.143 e. The van der Waals surface area contributed by atoms with E-state index in [2.05, 4.69) is 5.32 Å². The number of benzene rings is 1. The van der Waals surface area contributed by atoms with Crippen molar-refractivity contribution in [2.45, 2.75) is 4.90 Å². The van der Waals surface area contributed by atoms with Gasteiger partial charge < -0.3 is 20.5 Å². The van der Waals surface area contributed by atoms with E-state index in [0.29, 0.717) is 6.67 Å². The van der Waals surface area contributed by atoms with Crippen LogP contribution >= 0.6 is 11.8 Å². The summed E-state index contributed by atoms with van der Waals surface area (Å²) in [5, 5.41) is 3.02. The third-order valence-corrected chi connectivity index (χ3v) is 2.76. The van der Waals surface area contributed by atoms with E-state index in [1.807, 2.05) is 18.4 Å². The second-order valence-electron chi connectivity index (χ2n) is 2.79. The lowest BCUT2D eigenvalue weighted by Crippen LogP contribution is -2.11. The molecule has 0 atom stereocenters. The number of hydrogen-bond donors (Lipinski definition) is 2. The highest BCUT2D eigenvalue weighted by atomic mass is 32.2. The van der Waals surface area contributed by atoms with Crippen molar-refractivity contribution in [1.29, 1.82) is 0 Å². The van der Waals surface area contributed by atoms with Gasteiger partial charge in [0.2, 0.25) is 0 Å². The first-order chi connectivity index (χ1) is 7.26. The lowest BCUT2D eigenvalue weighted by atomic mass is 10.2. The molecule has 5 heteroatoms. The molecule has 3 N–H and O–H groups in total. The van der Waals surface area contributed by atoms with Crippen molar-refractivity contribution in [3.8, 4) is 11.5 Å². The SMILES string of the molecule is COc1cc(SC)c(OC)cc1NCN. The summed E-state index contributed by atoms with van der Waals surface area (Å²) in [6.07, 6.45) is 1.99. The van der Waals surface area contributed by atoms with Gasteiger partial charge in [-0.05, 0) is 12.3 Å². The molecule has 0 saturated heterocycles. The van der Waals surface area contributed by atoms with E-state index in [1.165, 1.54) is 0 Å². The predicted octanol–water partition coefficient (Wildman–Crippen LogP) is 1.75. The number of ether oxygens (including phenoxy) is 2. The molecule has 15 heavy (non-hydrogen) atoms. The maximum atomic E-state index is 5.43. The lowest BCUT2D eigenvalue weighted by Gasteiger charge is -2.14. The Morgan fingerprint density at radius 3 is 2.40 bits per heavy atom. The largest absolute Gasteiger partial charge is 0.496 e. The molecular formula is C10H16N2O2S. The van der Waals surface area contributed by atoms with Gasteiger partial charge in [0.1, 0.15) is 11.5 Å². The van der Waals surface area contributed by atoms with E-state index in [-0.39, 0.29) is 0 Å². The predicted molar refractivity (Wildman–Crippen MR) is 64.0 cm³/mol. The van der Waals surface area contributed by atoms with E-state index in [0.717, 1.165) is 22.1 Å². The summed E-state index contributed by atoms with van der Waals surface area (Å²) >= 11 is 1.61. The molecule has 1 aromatic carbocycles. The summed E-state index contributed by atoms with van der Waals surface area (Å²) in [7, 11) is 3.28. The third kappa shape index (κ3) is 2.70. The van der Waals surface area contributed by atoms with E-state index >= 15 is 0 Å². The molecule has 0 fully saturated rings. The van der Waals surface area contributed by atoms with Crippen LogP contribution in [0.15, 0.2) is 17.0 Å². The smallest absolute Gasteiger partial charge is 0.143 e. The molecule has 0 radical (unpaired) electrons. The van der Waals surface area contributed by atoms with Gasteiger partial charge in [-0.3, -0.25) is 0 Å². The number of rotatable bonds is 5. The molecule has 1 rings (SSSR count). The molecule has 0 aliphatic carbocycles. The zero-order chi connectivity index (χ0) is 11.3. The van der Waals surface area contributed by atoms with Crippen LogP contribution in [0.5, 0.6) is 11.5 Å². The monoisotopic (exact) mass is 228 g/mol. The van der Waals surface area contributed by atoms with Crippen molar-refractivity contribution < 1.29 is 9.47 Å². The minimum atomic E-state index is 0.359. The van der Waals surface area contributed by atoms with Crippen LogP contribution in [0.1, 0.15) is 0 Å². The van der Waals surface area contributed by atoms with Crippen LogP contribution < -0.4 is 20.5 Å². The highest BCUT2D eigenvalue weighted by Crippen LogP contribution is 2.37. The molecule has 0 aliphatic heterocycles. The van der Waals surface area contributed by atoms with Crippen LogP contribution in [-0.4, -0.2) is 27.1 Å². The van der Waals surface area contributed by atoms with Crippen LogP contribution in [0, 0.1) is 0 Å². The van der Waals surface area contributed by atoms with E-state index < -0.39 is 0 Å². The Balaban J connectivity index is 3.15. The molecule has 1 aromatic rings. The summed E-state index contributed by atoms with van der Waals surface area (Å²) in [6.45, 7) is 0.359. The Labute approximate surface area is 94.1 Å².